The molecule has 0 fully saturated rings. The van der Waals surface area contributed by atoms with Crippen molar-refractivity contribution in [1.29, 1.82) is 0 Å². The van der Waals surface area contributed by atoms with Gasteiger partial charge in [-0.2, -0.15) is 0 Å². The number of hydrogen-bond donors (Lipinski definition) is 0. The molecule has 0 aliphatic heterocycles. The van der Waals surface area contributed by atoms with Crippen LogP contribution in [-0.2, 0) is 0 Å². The zero-order valence-electron chi connectivity index (χ0n) is 6.55. The molecule has 0 aromatic heterocycles. The van der Waals surface area contributed by atoms with Crippen LogP contribution in [0.4, 0.5) is 0 Å². The normalized spacial score (nSPS) is 34.7. The Morgan fingerprint density at radius 3 is 3.09 bits per heavy atom. The lowest BCUT2D eigenvalue weighted by molar-refractivity contribution is 0.586. The van der Waals surface area contributed by atoms with Gasteiger partial charge in [0.05, 0.1) is 0 Å². The minimum Gasteiger partial charge on any atom is -0.0801 e. The second-order valence-corrected chi connectivity index (χ2v) is 4.26. The number of halogens is 1. The van der Waals surface area contributed by atoms with E-state index in [0.717, 1.165) is 5.92 Å². The van der Waals surface area contributed by atoms with Crippen LogP contribution in [0.25, 0.3) is 0 Å². The molecule has 0 nitrogen and oxygen atoms in total. The van der Waals surface area contributed by atoms with Crippen molar-refractivity contribution in [3.05, 3.63) is 34.4 Å². The van der Waals surface area contributed by atoms with Crippen LogP contribution in [0, 0.1) is 11.8 Å². The molecule has 1 heteroatoms. The molecule has 0 aromatic carbocycles. The molecule has 2 aliphatic carbocycles. The second-order valence-electron chi connectivity index (χ2n) is 3.34. The molecular weight excluding hydrogens is 200 g/mol. The van der Waals surface area contributed by atoms with Crippen molar-refractivity contribution in [1.82, 2.24) is 0 Å². The van der Waals surface area contributed by atoms with Gasteiger partial charge in [0, 0.05) is 10.4 Å². The molecule has 11 heavy (non-hydrogen) atoms. The van der Waals surface area contributed by atoms with E-state index in [-0.39, 0.29) is 0 Å². The lowest BCUT2D eigenvalue weighted by atomic mass is 9.91. The highest BCUT2D eigenvalue weighted by atomic mass is 79.9. The van der Waals surface area contributed by atoms with Gasteiger partial charge in [-0.3, -0.25) is 0 Å². The standard InChI is InChI=1S/C10H11Br/c1-7-5-8-3-2-4-10(11)9(8)6-7/h2-4,6,8-9H,5H2,1H3. The van der Waals surface area contributed by atoms with E-state index in [2.05, 4.69) is 47.2 Å². The molecule has 0 amide bonds. The maximum absolute atomic E-state index is 3.59. The molecule has 0 saturated carbocycles. The molecule has 0 spiro atoms. The Labute approximate surface area is 75.8 Å². The first kappa shape index (κ1) is 7.35. The van der Waals surface area contributed by atoms with Crippen LogP contribution in [0.15, 0.2) is 34.4 Å². The monoisotopic (exact) mass is 210 g/mol. The summed E-state index contributed by atoms with van der Waals surface area (Å²) in [7, 11) is 0. The first-order valence-corrected chi connectivity index (χ1v) is 4.78. The van der Waals surface area contributed by atoms with Gasteiger partial charge in [0.25, 0.3) is 0 Å². The van der Waals surface area contributed by atoms with Crippen LogP contribution in [0.1, 0.15) is 13.3 Å². The fourth-order valence-corrected chi connectivity index (χ4v) is 2.49. The van der Waals surface area contributed by atoms with Gasteiger partial charge in [0.15, 0.2) is 0 Å². The summed E-state index contributed by atoms with van der Waals surface area (Å²) in [6.45, 7) is 2.21. The van der Waals surface area contributed by atoms with E-state index in [0.29, 0.717) is 5.92 Å². The number of rotatable bonds is 0. The third kappa shape index (κ3) is 1.22. The van der Waals surface area contributed by atoms with Crippen molar-refractivity contribution < 1.29 is 0 Å². The van der Waals surface area contributed by atoms with E-state index in [9.17, 15) is 0 Å². The maximum Gasteiger partial charge on any atom is 0.0153 e. The lowest BCUT2D eigenvalue weighted by Gasteiger charge is -2.17. The molecule has 58 valence electrons. The van der Waals surface area contributed by atoms with Gasteiger partial charge < -0.3 is 0 Å². The quantitative estimate of drug-likeness (QED) is 0.538. The van der Waals surface area contributed by atoms with Gasteiger partial charge >= 0.3 is 0 Å². The third-order valence-electron chi connectivity index (χ3n) is 2.42. The molecule has 2 rings (SSSR count). The van der Waals surface area contributed by atoms with Gasteiger partial charge in [0.2, 0.25) is 0 Å². The van der Waals surface area contributed by atoms with Crippen LogP contribution in [0.3, 0.4) is 0 Å². The van der Waals surface area contributed by atoms with Crippen LogP contribution in [0.5, 0.6) is 0 Å². The zero-order chi connectivity index (χ0) is 7.84. The van der Waals surface area contributed by atoms with Gasteiger partial charge in [-0.1, -0.05) is 45.8 Å². The third-order valence-corrected chi connectivity index (χ3v) is 3.21. The van der Waals surface area contributed by atoms with Crippen molar-refractivity contribution in [3.63, 3.8) is 0 Å². The van der Waals surface area contributed by atoms with Crippen molar-refractivity contribution in [2.75, 3.05) is 0 Å². The average molecular weight is 211 g/mol. The lowest BCUT2D eigenvalue weighted by Crippen LogP contribution is -2.07. The summed E-state index contributed by atoms with van der Waals surface area (Å²) in [4.78, 5) is 0. The van der Waals surface area contributed by atoms with E-state index in [1.54, 1.807) is 0 Å². The highest BCUT2D eigenvalue weighted by molar-refractivity contribution is 9.11. The highest BCUT2D eigenvalue weighted by Gasteiger charge is 2.26. The van der Waals surface area contributed by atoms with Crippen molar-refractivity contribution in [2.45, 2.75) is 13.3 Å². The summed E-state index contributed by atoms with van der Waals surface area (Å²) >= 11 is 3.59. The van der Waals surface area contributed by atoms with Crippen LogP contribution >= 0.6 is 15.9 Å². The van der Waals surface area contributed by atoms with Gasteiger partial charge in [-0.25, -0.2) is 0 Å². The summed E-state index contributed by atoms with van der Waals surface area (Å²) in [5.41, 5.74) is 1.52. The number of allylic oxidation sites excluding steroid dienone is 6. The minimum absolute atomic E-state index is 0.639. The van der Waals surface area contributed by atoms with E-state index < -0.39 is 0 Å². The minimum atomic E-state index is 0.639. The molecule has 0 radical (unpaired) electrons. The Bertz CT molecular complexity index is 258. The van der Waals surface area contributed by atoms with Crippen LogP contribution < -0.4 is 0 Å². The van der Waals surface area contributed by atoms with E-state index >= 15 is 0 Å². The summed E-state index contributed by atoms with van der Waals surface area (Å²) < 4.78 is 1.34. The molecule has 2 aliphatic rings. The molecule has 0 N–H and O–H groups in total. The number of hydrogen-bond acceptors (Lipinski definition) is 0. The summed E-state index contributed by atoms with van der Waals surface area (Å²) in [5, 5.41) is 0. The molecule has 0 saturated heterocycles. The Morgan fingerprint density at radius 2 is 2.36 bits per heavy atom. The Hall–Kier alpha value is -0.300. The Morgan fingerprint density at radius 1 is 1.55 bits per heavy atom. The fourth-order valence-electron chi connectivity index (χ4n) is 1.87. The zero-order valence-corrected chi connectivity index (χ0v) is 8.14. The van der Waals surface area contributed by atoms with Crippen LogP contribution in [-0.4, -0.2) is 0 Å². The Kier molecular flexibility index (Phi) is 1.76. The molecule has 0 bridgehead atoms. The summed E-state index contributed by atoms with van der Waals surface area (Å²) in [6.07, 6.45) is 10.2. The molecule has 2 unspecified atom stereocenters. The Balaban J connectivity index is 2.30. The maximum atomic E-state index is 3.59. The van der Waals surface area contributed by atoms with Gasteiger partial charge in [0.1, 0.15) is 0 Å². The van der Waals surface area contributed by atoms with Crippen molar-refractivity contribution in [3.8, 4) is 0 Å². The SMILES string of the molecule is CC1=CC2C(Br)=CC=CC2C1. The smallest absolute Gasteiger partial charge is 0.0153 e. The van der Waals surface area contributed by atoms with E-state index in [1.807, 2.05) is 0 Å². The fraction of sp³-hybridized carbons (Fsp3) is 0.400. The largest absolute Gasteiger partial charge is 0.0801 e. The van der Waals surface area contributed by atoms with Gasteiger partial charge in [-0.05, 0) is 19.3 Å². The highest BCUT2D eigenvalue weighted by Crippen LogP contribution is 2.40. The summed E-state index contributed by atoms with van der Waals surface area (Å²) in [6, 6.07) is 0. The second kappa shape index (κ2) is 2.63. The summed E-state index contributed by atoms with van der Waals surface area (Å²) in [5.74, 6) is 1.37. The van der Waals surface area contributed by atoms with Gasteiger partial charge in [-0.15, -0.1) is 0 Å². The average Bonchev–Trinajstić information content (AvgIpc) is 2.31. The topological polar surface area (TPSA) is 0 Å². The van der Waals surface area contributed by atoms with E-state index in [4.69, 9.17) is 0 Å². The predicted octanol–water partition coefficient (Wildman–Crippen LogP) is 3.42. The first-order chi connectivity index (χ1) is 5.27. The van der Waals surface area contributed by atoms with E-state index in [1.165, 1.54) is 16.5 Å². The predicted molar refractivity (Wildman–Crippen MR) is 51.5 cm³/mol. The van der Waals surface area contributed by atoms with Crippen LogP contribution in [0.2, 0.25) is 0 Å². The first-order valence-electron chi connectivity index (χ1n) is 3.98. The molecule has 2 atom stereocenters. The molecule has 0 heterocycles. The molecule has 0 aromatic rings. The van der Waals surface area contributed by atoms with Crippen molar-refractivity contribution >= 4 is 15.9 Å². The number of fused-ring (bicyclic) bond motifs is 1. The van der Waals surface area contributed by atoms with Crippen molar-refractivity contribution in [2.24, 2.45) is 11.8 Å². The molecular formula is C10H11Br.